The minimum Gasteiger partial charge on any atom is -0.481 e. The molecule has 0 aliphatic heterocycles. The summed E-state index contributed by atoms with van der Waals surface area (Å²) in [5, 5.41) is 17.7. The molecule has 0 fully saturated rings. The third-order valence-electron chi connectivity index (χ3n) is 5.78. The summed E-state index contributed by atoms with van der Waals surface area (Å²) < 4.78 is 41.5. The number of hydrogen-bond acceptors (Lipinski definition) is 5. The molecule has 0 amide bonds. The molecule has 184 valence electrons. The fourth-order valence-corrected chi connectivity index (χ4v) is 4.37. The highest BCUT2D eigenvalue weighted by Crippen LogP contribution is 2.39. The predicted molar refractivity (Wildman–Crippen MR) is 129 cm³/mol. The molecule has 0 radical (unpaired) electrons. The van der Waals surface area contributed by atoms with E-state index in [1.165, 1.54) is 29.5 Å². The summed E-state index contributed by atoms with van der Waals surface area (Å²) in [7, 11) is 0. The summed E-state index contributed by atoms with van der Waals surface area (Å²) >= 11 is 0. The molecule has 11 heteroatoms. The molecular weight excluding hydrogens is 473 g/mol. The van der Waals surface area contributed by atoms with Gasteiger partial charge in [0.05, 0.1) is 28.7 Å². The Morgan fingerprint density at radius 1 is 1.19 bits per heavy atom. The summed E-state index contributed by atoms with van der Waals surface area (Å²) in [5.74, 6) is -1.02. The Kier molecular flexibility index (Phi) is 5.62. The number of aryl methyl sites for hydroxylation is 1. The highest BCUT2D eigenvalue weighted by molar-refractivity contribution is 6.15. The number of alkyl halides is 3. The lowest BCUT2D eigenvalue weighted by atomic mass is 10.0. The molecule has 36 heavy (non-hydrogen) atoms. The lowest BCUT2D eigenvalue weighted by molar-refractivity contribution is -0.141. The average molecular weight is 494 g/mol. The number of hydrogen-bond donors (Lipinski definition) is 3. The zero-order valence-corrected chi connectivity index (χ0v) is 19.3. The molecule has 8 nitrogen and oxygen atoms in total. The second-order valence-corrected chi connectivity index (χ2v) is 8.43. The van der Waals surface area contributed by atoms with Gasteiger partial charge < -0.3 is 15.4 Å². The third kappa shape index (κ3) is 4.12. The van der Waals surface area contributed by atoms with E-state index in [1.807, 2.05) is 26.0 Å². The lowest BCUT2D eigenvalue weighted by Gasteiger charge is -2.13. The van der Waals surface area contributed by atoms with E-state index in [1.54, 1.807) is 6.07 Å². The van der Waals surface area contributed by atoms with E-state index >= 15 is 0 Å². The van der Waals surface area contributed by atoms with E-state index in [-0.39, 0.29) is 6.42 Å². The Morgan fingerprint density at radius 3 is 2.69 bits per heavy atom. The van der Waals surface area contributed by atoms with Crippen LogP contribution in [-0.4, -0.2) is 42.4 Å². The zero-order chi connectivity index (χ0) is 25.6. The van der Waals surface area contributed by atoms with E-state index in [4.69, 9.17) is 0 Å². The first-order chi connectivity index (χ1) is 17.2. The molecule has 0 atom stereocenters. The van der Waals surface area contributed by atoms with Gasteiger partial charge in [0.1, 0.15) is 5.65 Å². The van der Waals surface area contributed by atoms with Crippen molar-refractivity contribution in [1.82, 2.24) is 24.7 Å². The molecule has 0 unspecified atom stereocenters. The van der Waals surface area contributed by atoms with Crippen LogP contribution in [0.25, 0.3) is 38.8 Å². The van der Waals surface area contributed by atoms with Crippen molar-refractivity contribution in [3.63, 3.8) is 0 Å². The van der Waals surface area contributed by atoms with Gasteiger partial charge in [-0.25, -0.2) is 9.67 Å². The Hall–Kier alpha value is -4.41. The summed E-state index contributed by atoms with van der Waals surface area (Å²) in [6.45, 7) is 4.58. The molecule has 5 rings (SSSR count). The topological polar surface area (TPSA) is 109 Å². The maximum absolute atomic E-state index is 13.4. The van der Waals surface area contributed by atoms with Crippen molar-refractivity contribution >= 4 is 33.6 Å². The Bertz CT molecular complexity index is 1620. The lowest BCUT2D eigenvalue weighted by Crippen LogP contribution is -2.08. The molecule has 4 heterocycles. The number of benzene rings is 1. The first kappa shape index (κ1) is 23.3. The number of rotatable bonds is 6. The number of aliphatic carboxylic acids is 1. The SMILES string of the molecule is CCNc1cc(C)cc2c1[nH]c1ncc(-c3cncc(CC(=O)O)c3)c(-n3ccc(C(F)(F)F)n3)c12. The molecule has 5 aromatic rings. The number of carbonyl (C=O) groups is 1. The second-order valence-electron chi connectivity index (χ2n) is 8.43. The smallest absolute Gasteiger partial charge is 0.435 e. The molecular formula is C25H21F3N6O2. The summed E-state index contributed by atoms with van der Waals surface area (Å²) in [6.07, 6.45) is 0.894. The largest absolute Gasteiger partial charge is 0.481 e. The van der Waals surface area contributed by atoms with Gasteiger partial charge in [-0.2, -0.15) is 18.3 Å². The van der Waals surface area contributed by atoms with Crippen LogP contribution in [0.15, 0.2) is 49.1 Å². The highest BCUT2D eigenvalue weighted by atomic mass is 19.4. The van der Waals surface area contributed by atoms with Crippen LogP contribution in [-0.2, 0) is 17.4 Å². The fourth-order valence-electron chi connectivity index (χ4n) is 4.37. The molecule has 0 bridgehead atoms. The Labute approximate surface area is 202 Å². The maximum Gasteiger partial charge on any atom is 0.435 e. The zero-order valence-electron chi connectivity index (χ0n) is 19.3. The summed E-state index contributed by atoms with van der Waals surface area (Å²) in [4.78, 5) is 23.3. The van der Waals surface area contributed by atoms with E-state index in [0.717, 1.165) is 28.2 Å². The minimum absolute atomic E-state index is 0.246. The van der Waals surface area contributed by atoms with Crippen LogP contribution >= 0.6 is 0 Å². The van der Waals surface area contributed by atoms with E-state index in [0.29, 0.717) is 40.0 Å². The molecule has 4 aromatic heterocycles. The van der Waals surface area contributed by atoms with Gasteiger partial charge in [0.15, 0.2) is 5.69 Å². The number of anilines is 1. The molecule has 1 aromatic carbocycles. The summed E-state index contributed by atoms with van der Waals surface area (Å²) in [5.41, 5.74) is 3.83. The molecule has 0 aliphatic rings. The van der Waals surface area contributed by atoms with Crippen molar-refractivity contribution in [3.8, 4) is 16.8 Å². The van der Waals surface area contributed by atoms with E-state index < -0.39 is 17.8 Å². The summed E-state index contributed by atoms with van der Waals surface area (Å²) in [6, 6.07) is 6.49. The molecule has 0 saturated carbocycles. The number of carboxylic acids is 1. The average Bonchev–Trinajstić information content (AvgIpc) is 3.44. The van der Waals surface area contributed by atoms with Gasteiger partial charge in [0, 0.05) is 47.8 Å². The number of aromatic amines is 1. The van der Waals surface area contributed by atoms with Gasteiger partial charge in [-0.05, 0) is 49.2 Å². The van der Waals surface area contributed by atoms with Crippen molar-refractivity contribution < 1.29 is 23.1 Å². The fraction of sp³-hybridized carbons (Fsp3) is 0.200. The van der Waals surface area contributed by atoms with Crippen LogP contribution in [0.2, 0.25) is 0 Å². The molecule has 0 spiro atoms. The first-order valence-corrected chi connectivity index (χ1v) is 11.1. The number of H-pyrrole nitrogens is 1. The van der Waals surface area contributed by atoms with Crippen molar-refractivity contribution in [3.05, 3.63) is 65.9 Å². The van der Waals surface area contributed by atoms with Crippen LogP contribution in [0.1, 0.15) is 23.7 Å². The van der Waals surface area contributed by atoms with Gasteiger partial charge >= 0.3 is 12.1 Å². The Balaban J connectivity index is 1.86. The number of aromatic nitrogens is 5. The molecule has 0 saturated heterocycles. The van der Waals surface area contributed by atoms with Gasteiger partial charge in [-0.1, -0.05) is 0 Å². The third-order valence-corrected chi connectivity index (χ3v) is 5.78. The maximum atomic E-state index is 13.4. The molecule has 0 aliphatic carbocycles. The van der Waals surface area contributed by atoms with Crippen LogP contribution in [0.5, 0.6) is 0 Å². The Morgan fingerprint density at radius 2 is 2.00 bits per heavy atom. The van der Waals surface area contributed by atoms with E-state index in [2.05, 4.69) is 25.4 Å². The number of carboxylic acid groups (broad SMARTS) is 1. The number of nitrogens with zero attached hydrogens (tertiary/aromatic N) is 4. The van der Waals surface area contributed by atoms with Crippen molar-refractivity contribution in [2.45, 2.75) is 26.4 Å². The first-order valence-electron chi connectivity index (χ1n) is 11.1. The van der Waals surface area contributed by atoms with E-state index in [9.17, 15) is 23.1 Å². The molecule has 3 N–H and O–H groups in total. The standard InChI is InChI=1S/C25H21F3N6O2/c1-3-30-18-7-13(2)6-16-21-23(34-5-4-19(33-34)25(26,27)28)17(12-31-24(21)32-22(16)18)15-8-14(9-20(35)36)10-29-11-15/h4-8,10-12,30H,3,9H2,1-2H3,(H,31,32)(H,35,36). The van der Waals surface area contributed by atoms with Crippen molar-refractivity contribution in [2.75, 3.05) is 11.9 Å². The highest BCUT2D eigenvalue weighted by Gasteiger charge is 2.34. The number of pyridine rings is 2. The number of nitrogens with one attached hydrogen (secondary N) is 2. The van der Waals surface area contributed by atoms with Crippen LogP contribution < -0.4 is 5.32 Å². The van der Waals surface area contributed by atoms with Gasteiger partial charge in [-0.3, -0.25) is 9.78 Å². The number of halogens is 3. The van der Waals surface area contributed by atoms with Gasteiger partial charge in [-0.15, -0.1) is 0 Å². The predicted octanol–water partition coefficient (Wildman–Crippen LogP) is 5.35. The normalized spacial score (nSPS) is 11.9. The minimum atomic E-state index is -4.62. The van der Waals surface area contributed by atoms with Gasteiger partial charge in [0.25, 0.3) is 0 Å². The van der Waals surface area contributed by atoms with Crippen molar-refractivity contribution in [1.29, 1.82) is 0 Å². The van der Waals surface area contributed by atoms with Crippen molar-refractivity contribution in [2.24, 2.45) is 0 Å². The van der Waals surface area contributed by atoms with Crippen LogP contribution in [0, 0.1) is 6.92 Å². The number of fused-ring (bicyclic) bond motifs is 3. The quantitative estimate of drug-likeness (QED) is 0.294. The second kappa shape index (κ2) is 8.67. The van der Waals surface area contributed by atoms with Crippen LogP contribution in [0.4, 0.5) is 18.9 Å². The van der Waals surface area contributed by atoms with Crippen LogP contribution in [0.3, 0.4) is 0 Å². The van der Waals surface area contributed by atoms with Gasteiger partial charge in [0.2, 0.25) is 0 Å². The monoisotopic (exact) mass is 494 g/mol.